The molecule has 0 spiro atoms. The van der Waals surface area contributed by atoms with Crippen molar-refractivity contribution in [3.05, 3.63) is 71.3 Å². The van der Waals surface area contributed by atoms with E-state index in [-0.39, 0.29) is 13.2 Å². The molecule has 2 N–H and O–H groups in total. The quantitative estimate of drug-likeness (QED) is 0.853. The van der Waals surface area contributed by atoms with Crippen LogP contribution < -0.4 is 5.32 Å². The van der Waals surface area contributed by atoms with Gasteiger partial charge in [0.1, 0.15) is 6.61 Å². The summed E-state index contributed by atoms with van der Waals surface area (Å²) < 4.78 is 5.18. The minimum atomic E-state index is -0.541. The Balaban J connectivity index is 1.91. The first-order chi connectivity index (χ1) is 11.1. The summed E-state index contributed by atoms with van der Waals surface area (Å²) in [6.07, 6.45) is -0.541. The number of nitrogens with one attached hydrogen (secondary N) is 1. The van der Waals surface area contributed by atoms with Gasteiger partial charge in [-0.25, -0.2) is 4.79 Å². The van der Waals surface area contributed by atoms with Gasteiger partial charge in [-0.1, -0.05) is 68.4 Å². The first kappa shape index (κ1) is 17.0. The molecule has 0 radical (unpaired) electrons. The molecule has 0 aliphatic rings. The van der Waals surface area contributed by atoms with Crippen molar-refractivity contribution >= 4 is 6.09 Å². The van der Waals surface area contributed by atoms with E-state index in [9.17, 15) is 9.90 Å². The lowest BCUT2D eigenvalue weighted by Crippen LogP contribution is -2.31. The molecule has 23 heavy (non-hydrogen) atoms. The first-order valence-corrected chi connectivity index (χ1v) is 7.78. The first-order valence-electron chi connectivity index (χ1n) is 7.78. The molecular formula is C19H23NO3. The molecule has 1 amide bonds. The molecule has 0 saturated carbocycles. The summed E-state index contributed by atoms with van der Waals surface area (Å²) in [5.41, 5.74) is 3.00. The van der Waals surface area contributed by atoms with Crippen LogP contribution in [-0.4, -0.2) is 17.8 Å². The number of carbonyl (C=O) groups is 1. The third-order valence-electron chi connectivity index (χ3n) is 3.69. The van der Waals surface area contributed by atoms with E-state index in [0.717, 1.165) is 11.1 Å². The van der Waals surface area contributed by atoms with Crippen LogP contribution in [0.3, 0.4) is 0 Å². The Kier molecular flexibility index (Phi) is 6.18. The molecule has 1 unspecified atom stereocenters. The third kappa shape index (κ3) is 5.11. The lowest BCUT2D eigenvalue weighted by atomic mass is 9.99. The van der Waals surface area contributed by atoms with Crippen molar-refractivity contribution < 1.29 is 14.6 Å². The van der Waals surface area contributed by atoms with Gasteiger partial charge in [-0.15, -0.1) is 0 Å². The molecule has 2 rings (SSSR count). The van der Waals surface area contributed by atoms with Gasteiger partial charge < -0.3 is 15.2 Å². The zero-order valence-electron chi connectivity index (χ0n) is 13.5. The van der Waals surface area contributed by atoms with Crippen molar-refractivity contribution in [2.45, 2.75) is 32.4 Å². The summed E-state index contributed by atoms with van der Waals surface area (Å²) in [5, 5.41) is 12.2. The number of alkyl carbamates (subject to hydrolysis) is 1. The highest BCUT2D eigenvalue weighted by Crippen LogP contribution is 2.18. The summed E-state index contributed by atoms with van der Waals surface area (Å²) in [4.78, 5) is 11.9. The highest BCUT2D eigenvalue weighted by molar-refractivity contribution is 5.68. The number of hydrogen-bond acceptors (Lipinski definition) is 3. The second kappa shape index (κ2) is 8.34. The van der Waals surface area contributed by atoms with Gasteiger partial charge in [-0.2, -0.15) is 0 Å². The highest BCUT2D eigenvalue weighted by atomic mass is 16.5. The van der Waals surface area contributed by atoms with E-state index < -0.39 is 12.1 Å². The Hall–Kier alpha value is -2.33. The van der Waals surface area contributed by atoms with E-state index >= 15 is 0 Å². The number of hydrogen-bond donors (Lipinski definition) is 2. The van der Waals surface area contributed by atoms with Gasteiger partial charge in [-0.05, 0) is 22.6 Å². The number of aliphatic hydroxyl groups is 1. The Morgan fingerprint density at radius 1 is 1.04 bits per heavy atom. The maximum atomic E-state index is 11.9. The fourth-order valence-electron chi connectivity index (χ4n) is 2.25. The number of rotatable bonds is 6. The van der Waals surface area contributed by atoms with Crippen molar-refractivity contribution in [1.29, 1.82) is 0 Å². The van der Waals surface area contributed by atoms with Gasteiger partial charge in [0, 0.05) is 0 Å². The minimum Gasteiger partial charge on any atom is -0.445 e. The van der Waals surface area contributed by atoms with Crippen LogP contribution >= 0.6 is 0 Å². The topological polar surface area (TPSA) is 58.6 Å². The zero-order chi connectivity index (χ0) is 16.7. The van der Waals surface area contributed by atoms with Crippen molar-refractivity contribution in [2.75, 3.05) is 6.61 Å². The number of aliphatic hydroxyl groups excluding tert-OH is 1. The molecule has 0 aromatic heterocycles. The summed E-state index contributed by atoms with van der Waals surface area (Å²) >= 11 is 0. The minimum absolute atomic E-state index is 0.179. The maximum Gasteiger partial charge on any atom is 0.408 e. The monoisotopic (exact) mass is 313 g/mol. The average Bonchev–Trinajstić information content (AvgIpc) is 2.59. The van der Waals surface area contributed by atoms with Crippen LogP contribution in [0.15, 0.2) is 54.6 Å². The molecule has 0 saturated heterocycles. The largest absolute Gasteiger partial charge is 0.445 e. The van der Waals surface area contributed by atoms with Gasteiger partial charge in [0.05, 0.1) is 12.6 Å². The highest BCUT2D eigenvalue weighted by Gasteiger charge is 2.15. The van der Waals surface area contributed by atoms with Crippen LogP contribution in [0.25, 0.3) is 0 Å². The lowest BCUT2D eigenvalue weighted by molar-refractivity contribution is 0.129. The Bertz CT molecular complexity index is 608. The number of amides is 1. The van der Waals surface area contributed by atoms with Crippen LogP contribution in [-0.2, 0) is 11.3 Å². The summed E-state index contributed by atoms with van der Waals surface area (Å²) in [7, 11) is 0. The molecule has 4 nitrogen and oxygen atoms in total. The molecule has 0 aliphatic heterocycles. The van der Waals surface area contributed by atoms with Crippen LogP contribution in [0, 0.1) is 0 Å². The number of carbonyl (C=O) groups excluding carboxylic acids is 1. The van der Waals surface area contributed by atoms with E-state index in [1.165, 1.54) is 5.56 Å². The number of benzene rings is 2. The van der Waals surface area contributed by atoms with Gasteiger partial charge in [0.2, 0.25) is 0 Å². The van der Waals surface area contributed by atoms with Crippen molar-refractivity contribution in [3.8, 4) is 0 Å². The summed E-state index contributed by atoms with van der Waals surface area (Å²) in [6.45, 7) is 4.27. The van der Waals surface area contributed by atoms with Crippen LogP contribution in [0.1, 0.15) is 42.5 Å². The molecule has 2 aromatic carbocycles. The van der Waals surface area contributed by atoms with Gasteiger partial charge >= 0.3 is 6.09 Å². The van der Waals surface area contributed by atoms with Crippen molar-refractivity contribution in [3.63, 3.8) is 0 Å². The molecule has 122 valence electrons. The van der Waals surface area contributed by atoms with Crippen molar-refractivity contribution in [2.24, 2.45) is 0 Å². The molecule has 0 aliphatic carbocycles. The van der Waals surface area contributed by atoms with E-state index in [1.807, 2.05) is 54.6 Å². The van der Waals surface area contributed by atoms with Crippen molar-refractivity contribution in [1.82, 2.24) is 5.32 Å². The van der Waals surface area contributed by atoms with E-state index in [4.69, 9.17) is 4.74 Å². The molecule has 4 heteroatoms. The fourth-order valence-corrected chi connectivity index (χ4v) is 2.25. The molecular weight excluding hydrogens is 290 g/mol. The van der Waals surface area contributed by atoms with Crippen LogP contribution in [0.4, 0.5) is 4.79 Å². The van der Waals surface area contributed by atoms with Crippen LogP contribution in [0.5, 0.6) is 0 Å². The molecule has 1 atom stereocenters. The van der Waals surface area contributed by atoms with Gasteiger partial charge in [0.15, 0.2) is 0 Å². The molecule has 2 aromatic rings. The van der Waals surface area contributed by atoms with E-state index in [2.05, 4.69) is 19.2 Å². The number of ether oxygens (including phenoxy) is 1. The lowest BCUT2D eigenvalue weighted by Gasteiger charge is -2.17. The fraction of sp³-hybridized carbons (Fsp3) is 0.316. The Morgan fingerprint density at radius 2 is 1.65 bits per heavy atom. The Labute approximate surface area is 137 Å². The van der Waals surface area contributed by atoms with Crippen LogP contribution in [0.2, 0.25) is 0 Å². The second-order valence-corrected chi connectivity index (χ2v) is 5.76. The van der Waals surface area contributed by atoms with E-state index in [0.29, 0.717) is 5.92 Å². The van der Waals surface area contributed by atoms with Gasteiger partial charge in [-0.3, -0.25) is 0 Å². The van der Waals surface area contributed by atoms with Gasteiger partial charge in [0.25, 0.3) is 0 Å². The second-order valence-electron chi connectivity index (χ2n) is 5.76. The summed E-state index contributed by atoms with van der Waals surface area (Å²) in [6, 6.07) is 16.9. The Morgan fingerprint density at radius 3 is 2.22 bits per heavy atom. The average molecular weight is 313 g/mol. The zero-order valence-corrected chi connectivity index (χ0v) is 13.5. The predicted octanol–water partition coefficient (Wildman–Crippen LogP) is 3.77. The molecule has 0 fully saturated rings. The standard InChI is InChI=1S/C19H23NO3/c1-14(2)16-8-10-17(11-9-16)18(12-21)20-19(22)23-13-15-6-4-3-5-7-15/h3-11,14,18,21H,12-13H2,1-2H3,(H,20,22). The maximum absolute atomic E-state index is 11.9. The summed E-state index contributed by atoms with van der Waals surface area (Å²) in [5.74, 6) is 0.445. The molecule has 0 bridgehead atoms. The predicted molar refractivity (Wildman–Crippen MR) is 90.1 cm³/mol. The SMILES string of the molecule is CC(C)c1ccc(C(CO)NC(=O)OCc2ccccc2)cc1. The third-order valence-corrected chi connectivity index (χ3v) is 3.69. The van der Waals surface area contributed by atoms with E-state index in [1.54, 1.807) is 0 Å². The normalized spacial score (nSPS) is 12.0. The smallest absolute Gasteiger partial charge is 0.408 e. The molecule has 0 heterocycles.